The van der Waals surface area contributed by atoms with Gasteiger partial charge < -0.3 is 29.5 Å². The standard InChI is InChI=1S/C28H35N3O8.ClH/c1-25(2,3)27(36)15-18-26(16-19(32)37-18)24(35)39-23-28(26,27)20(38-22(34)17-7-5-4-6-8-17)21(33)31(23)14-13-30-11-9-29-10-12-30;/h4-8,18,20,23,29,36H,9-16H2,1-3H3;1H/t18-,20+,23-,26-,27+,28+;/m0./s1. The lowest BCUT2D eigenvalue weighted by molar-refractivity contribution is -0.212. The van der Waals surface area contributed by atoms with Gasteiger partial charge in [-0.15, -0.1) is 12.4 Å². The van der Waals surface area contributed by atoms with Gasteiger partial charge in [0.2, 0.25) is 0 Å². The van der Waals surface area contributed by atoms with E-state index in [-0.39, 0.29) is 37.4 Å². The van der Waals surface area contributed by atoms with E-state index in [9.17, 15) is 24.3 Å². The Morgan fingerprint density at radius 3 is 2.42 bits per heavy atom. The molecule has 0 unspecified atom stereocenters. The zero-order valence-corrected chi connectivity index (χ0v) is 23.7. The Hall–Kier alpha value is -2.73. The molecule has 40 heavy (non-hydrogen) atoms. The number of piperazine rings is 1. The molecule has 1 aromatic carbocycles. The van der Waals surface area contributed by atoms with Crippen LogP contribution in [-0.2, 0) is 28.6 Å². The van der Waals surface area contributed by atoms with Crippen molar-refractivity contribution >= 4 is 36.2 Å². The Labute approximate surface area is 238 Å². The van der Waals surface area contributed by atoms with Crippen molar-refractivity contribution in [2.75, 3.05) is 39.3 Å². The van der Waals surface area contributed by atoms with Crippen molar-refractivity contribution in [2.24, 2.45) is 16.2 Å². The first-order valence-electron chi connectivity index (χ1n) is 13.6. The molecule has 11 nitrogen and oxygen atoms in total. The van der Waals surface area contributed by atoms with E-state index >= 15 is 0 Å². The summed E-state index contributed by atoms with van der Waals surface area (Å²) in [6.45, 7) is 9.37. The van der Waals surface area contributed by atoms with E-state index in [1.165, 1.54) is 4.90 Å². The highest BCUT2D eigenvalue weighted by atomic mass is 35.5. The highest BCUT2D eigenvalue weighted by molar-refractivity contribution is 5.99. The number of hydrogen-bond acceptors (Lipinski definition) is 10. The van der Waals surface area contributed by atoms with Gasteiger partial charge in [0.15, 0.2) is 12.3 Å². The van der Waals surface area contributed by atoms with Gasteiger partial charge in [-0.3, -0.25) is 19.3 Å². The molecule has 4 saturated heterocycles. The van der Waals surface area contributed by atoms with E-state index in [0.717, 1.165) is 26.2 Å². The molecule has 4 aliphatic heterocycles. The smallest absolute Gasteiger partial charge is 0.338 e. The van der Waals surface area contributed by atoms with Crippen molar-refractivity contribution in [1.29, 1.82) is 0 Å². The number of halogens is 1. The first-order valence-corrected chi connectivity index (χ1v) is 13.6. The van der Waals surface area contributed by atoms with Crippen molar-refractivity contribution in [3.8, 4) is 0 Å². The number of carbonyl (C=O) groups excluding carboxylic acids is 4. The zero-order chi connectivity index (χ0) is 27.8. The fourth-order valence-electron chi connectivity index (χ4n) is 7.76. The monoisotopic (exact) mass is 577 g/mol. The quantitative estimate of drug-likeness (QED) is 0.381. The number of rotatable bonds is 5. The minimum atomic E-state index is -1.76. The molecular formula is C28H36ClN3O8. The lowest BCUT2D eigenvalue weighted by Crippen LogP contribution is -2.66. The third kappa shape index (κ3) is 3.60. The van der Waals surface area contributed by atoms with E-state index in [1.54, 1.807) is 30.3 Å². The average Bonchev–Trinajstić information content (AvgIpc) is 3.51. The van der Waals surface area contributed by atoms with Crippen LogP contribution in [0.4, 0.5) is 0 Å². The molecule has 6 atom stereocenters. The Bertz CT molecular complexity index is 1220. The Balaban J connectivity index is 0.00000323. The van der Waals surface area contributed by atoms with Crippen LogP contribution in [0.2, 0.25) is 0 Å². The van der Waals surface area contributed by atoms with Crippen LogP contribution >= 0.6 is 12.4 Å². The summed E-state index contributed by atoms with van der Waals surface area (Å²) in [4.78, 5) is 57.8. The number of nitrogens with zero attached hydrogens (tertiary/aromatic N) is 2. The van der Waals surface area contributed by atoms with Gasteiger partial charge in [0, 0.05) is 45.7 Å². The molecule has 2 spiro atoms. The molecule has 5 aliphatic rings. The van der Waals surface area contributed by atoms with E-state index in [0.29, 0.717) is 6.54 Å². The number of carbonyl (C=O) groups is 4. The van der Waals surface area contributed by atoms with Crippen LogP contribution in [-0.4, -0.2) is 102 Å². The third-order valence-corrected chi connectivity index (χ3v) is 9.67. The predicted molar refractivity (Wildman–Crippen MR) is 142 cm³/mol. The molecular weight excluding hydrogens is 542 g/mol. The highest BCUT2D eigenvalue weighted by Crippen LogP contribution is 2.76. The van der Waals surface area contributed by atoms with Crippen LogP contribution in [0.5, 0.6) is 0 Å². The van der Waals surface area contributed by atoms with Gasteiger partial charge >= 0.3 is 17.9 Å². The summed E-state index contributed by atoms with van der Waals surface area (Å²) < 4.78 is 17.6. The van der Waals surface area contributed by atoms with Crippen molar-refractivity contribution in [3.63, 3.8) is 0 Å². The topological polar surface area (TPSA) is 135 Å². The molecule has 1 aliphatic carbocycles. The van der Waals surface area contributed by atoms with Gasteiger partial charge in [-0.05, 0) is 17.5 Å². The summed E-state index contributed by atoms with van der Waals surface area (Å²) >= 11 is 0. The van der Waals surface area contributed by atoms with Gasteiger partial charge in [-0.25, -0.2) is 4.79 Å². The van der Waals surface area contributed by atoms with Gasteiger partial charge in [0.1, 0.15) is 16.9 Å². The summed E-state index contributed by atoms with van der Waals surface area (Å²) in [7, 11) is 0. The fraction of sp³-hybridized carbons (Fsp3) is 0.643. The summed E-state index contributed by atoms with van der Waals surface area (Å²) in [5.74, 6) is -2.61. The zero-order valence-electron chi connectivity index (χ0n) is 22.9. The first-order chi connectivity index (χ1) is 18.5. The van der Waals surface area contributed by atoms with Gasteiger partial charge in [0.05, 0.1) is 17.6 Å². The Morgan fingerprint density at radius 2 is 1.77 bits per heavy atom. The number of likely N-dealkylation sites (tertiary alicyclic amines) is 1. The van der Waals surface area contributed by atoms with Gasteiger partial charge in [0.25, 0.3) is 5.91 Å². The number of esters is 3. The van der Waals surface area contributed by atoms with Crippen LogP contribution in [0.25, 0.3) is 0 Å². The molecule has 1 saturated carbocycles. The van der Waals surface area contributed by atoms with Gasteiger partial charge in [-0.2, -0.15) is 0 Å². The third-order valence-electron chi connectivity index (χ3n) is 9.67. The normalized spacial score (nSPS) is 36.9. The van der Waals surface area contributed by atoms with Crippen molar-refractivity contribution in [1.82, 2.24) is 15.1 Å². The van der Waals surface area contributed by atoms with Crippen molar-refractivity contribution in [2.45, 2.75) is 57.6 Å². The molecule has 0 aromatic heterocycles. The Morgan fingerprint density at radius 1 is 1.10 bits per heavy atom. The van der Waals surface area contributed by atoms with E-state index in [4.69, 9.17) is 14.2 Å². The maximum atomic E-state index is 14.3. The van der Waals surface area contributed by atoms with Crippen LogP contribution in [0.1, 0.15) is 44.0 Å². The largest absolute Gasteiger partial charge is 0.461 e. The number of nitrogens with one attached hydrogen (secondary N) is 1. The molecule has 5 fully saturated rings. The molecule has 1 aromatic rings. The minimum Gasteiger partial charge on any atom is -0.461 e. The first kappa shape index (κ1) is 28.8. The number of aliphatic hydroxyl groups is 1. The van der Waals surface area contributed by atoms with Crippen LogP contribution in [0, 0.1) is 16.2 Å². The lowest BCUT2D eigenvalue weighted by Gasteiger charge is -2.51. The van der Waals surface area contributed by atoms with Crippen LogP contribution in [0.3, 0.4) is 0 Å². The summed E-state index contributed by atoms with van der Waals surface area (Å²) in [6.07, 6.45) is -4.23. The second-order valence-corrected chi connectivity index (χ2v) is 12.3. The van der Waals surface area contributed by atoms with Gasteiger partial charge in [-0.1, -0.05) is 39.0 Å². The summed E-state index contributed by atoms with van der Waals surface area (Å²) in [6, 6.07) is 8.25. The second-order valence-electron chi connectivity index (χ2n) is 12.3. The minimum absolute atomic E-state index is 0. The number of benzene rings is 1. The molecule has 4 heterocycles. The molecule has 6 rings (SSSR count). The number of amides is 1. The lowest BCUT2D eigenvalue weighted by atomic mass is 9.52. The molecule has 1 amide bonds. The van der Waals surface area contributed by atoms with Crippen molar-refractivity contribution in [3.05, 3.63) is 35.9 Å². The molecule has 218 valence electrons. The molecule has 12 heteroatoms. The van der Waals surface area contributed by atoms with E-state index in [1.807, 2.05) is 20.8 Å². The SMILES string of the molecule is CC(C)(C)[C@]1(O)C[C@@H]2OC(=O)C[C@@]23C(=O)O[C@@H]2N(CCN4CCNCC4)C(=O)[C@@H](OC(=O)c4ccccc4)[C@]213.Cl. The van der Waals surface area contributed by atoms with E-state index in [2.05, 4.69) is 10.2 Å². The fourth-order valence-corrected chi connectivity index (χ4v) is 7.76. The molecule has 2 N–H and O–H groups in total. The second kappa shape index (κ2) is 9.68. The highest BCUT2D eigenvalue weighted by Gasteiger charge is 2.93. The number of ether oxygens (including phenoxy) is 3. The maximum absolute atomic E-state index is 14.3. The molecule has 0 radical (unpaired) electrons. The summed E-state index contributed by atoms with van der Waals surface area (Å²) in [5.41, 5.74) is -5.86. The van der Waals surface area contributed by atoms with Crippen molar-refractivity contribution < 1.29 is 38.5 Å². The van der Waals surface area contributed by atoms with Crippen LogP contribution in [0.15, 0.2) is 30.3 Å². The van der Waals surface area contributed by atoms with E-state index < -0.39 is 64.1 Å². The maximum Gasteiger partial charge on any atom is 0.338 e. The Kier molecular flexibility index (Phi) is 6.97. The van der Waals surface area contributed by atoms with Crippen LogP contribution < -0.4 is 5.32 Å². The summed E-state index contributed by atoms with van der Waals surface area (Å²) in [5, 5.41) is 16.0. The predicted octanol–water partition coefficient (Wildman–Crippen LogP) is 0.733. The number of hydrogen-bond donors (Lipinski definition) is 2. The average molecular weight is 578 g/mol. The molecule has 0 bridgehead atoms.